The van der Waals surface area contributed by atoms with Crippen molar-refractivity contribution >= 4 is 5.82 Å². The van der Waals surface area contributed by atoms with Crippen molar-refractivity contribution < 1.29 is 4.42 Å². The quantitative estimate of drug-likeness (QED) is 0.782. The number of fused-ring (bicyclic) bond motifs is 1. The molecule has 2 N–H and O–H groups in total. The van der Waals surface area contributed by atoms with Crippen LogP contribution in [0.25, 0.3) is 11.6 Å². The molecule has 0 bridgehead atoms. The molecular formula is C14H17N3O. The second-order valence-electron chi connectivity index (χ2n) is 4.85. The van der Waals surface area contributed by atoms with Crippen molar-refractivity contribution in [3.8, 4) is 11.6 Å². The van der Waals surface area contributed by atoms with Crippen LogP contribution in [0.3, 0.4) is 0 Å². The Morgan fingerprint density at radius 3 is 2.78 bits per heavy atom. The molecular weight excluding hydrogens is 226 g/mol. The van der Waals surface area contributed by atoms with Gasteiger partial charge in [0.1, 0.15) is 5.82 Å². The maximum atomic E-state index is 6.07. The van der Waals surface area contributed by atoms with Gasteiger partial charge in [-0.25, -0.2) is 9.97 Å². The number of nitrogen functional groups attached to an aromatic ring is 1. The van der Waals surface area contributed by atoms with Crippen LogP contribution in [0.5, 0.6) is 0 Å². The van der Waals surface area contributed by atoms with Crippen LogP contribution in [0.1, 0.15) is 36.1 Å². The zero-order chi connectivity index (χ0) is 12.5. The lowest BCUT2D eigenvalue weighted by atomic mass is 10.1. The molecule has 2 aromatic rings. The molecule has 3 rings (SSSR count). The molecule has 2 aromatic heterocycles. The standard InChI is InChI=1S/C14H17N3O/c1-9-7-8-18-12(9)14-16-11-6-4-2-3-5-10(11)13(15)17-14/h7-8H,2-6H2,1H3,(H2,15,16,17). The Kier molecular flexibility index (Phi) is 2.78. The minimum atomic E-state index is 0.618. The second-order valence-corrected chi connectivity index (χ2v) is 4.85. The van der Waals surface area contributed by atoms with Gasteiger partial charge in [0.25, 0.3) is 0 Å². The van der Waals surface area contributed by atoms with Crippen molar-refractivity contribution in [3.05, 3.63) is 29.2 Å². The average molecular weight is 243 g/mol. The molecule has 1 aliphatic carbocycles. The van der Waals surface area contributed by atoms with Crippen molar-refractivity contribution in [1.29, 1.82) is 0 Å². The van der Waals surface area contributed by atoms with Gasteiger partial charge in [0.05, 0.1) is 6.26 Å². The zero-order valence-electron chi connectivity index (χ0n) is 10.6. The Labute approximate surface area is 106 Å². The normalized spacial score (nSPS) is 15.2. The Morgan fingerprint density at radius 1 is 1.17 bits per heavy atom. The summed E-state index contributed by atoms with van der Waals surface area (Å²) >= 11 is 0. The first-order chi connectivity index (χ1) is 8.75. The van der Waals surface area contributed by atoms with E-state index >= 15 is 0 Å². The Balaban J connectivity index is 2.11. The molecule has 4 nitrogen and oxygen atoms in total. The van der Waals surface area contributed by atoms with Crippen molar-refractivity contribution in [1.82, 2.24) is 9.97 Å². The van der Waals surface area contributed by atoms with Crippen LogP contribution < -0.4 is 5.73 Å². The average Bonchev–Trinajstić information content (AvgIpc) is 2.63. The molecule has 4 heteroatoms. The topological polar surface area (TPSA) is 64.9 Å². The number of anilines is 1. The van der Waals surface area contributed by atoms with Crippen molar-refractivity contribution in [2.75, 3.05) is 5.73 Å². The van der Waals surface area contributed by atoms with Crippen LogP contribution >= 0.6 is 0 Å². The van der Waals surface area contributed by atoms with E-state index < -0.39 is 0 Å². The highest BCUT2D eigenvalue weighted by Crippen LogP contribution is 2.27. The summed E-state index contributed by atoms with van der Waals surface area (Å²) < 4.78 is 5.45. The summed E-state index contributed by atoms with van der Waals surface area (Å²) in [5, 5.41) is 0. The number of hydrogen-bond acceptors (Lipinski definition) is 4. The van der Waals surface area contributed by atoms with Gasteiger partial charge in [-0.3, -0.25) is 0 Å². The highest BCUT2D eigenvalue weighted by atomic mass is 16.3. The van der Waals surface area contributed by atoms with Crippen LogP contribution in [0.15, 0.2) is 16.7 Å². The van der Waals surface area contributed by atoms with Crippen LogP contribution in [-0.4, -0.2) is 9.97 Å². The van der Waals surface area contributed by atoms with E-state index in [1.54, 1.807) is 6.26 Å². The molecule has 0 unspecified atom stereocenters. The number of aryl methyl sites for hydroxylation is 2. The summed E-state index contributed by atoms with van der Waals surface area (Å²) in [4.78, 5) is 9.06. The predicted molar refractivity (Wildman–Crippen MR) is 70.1 cm³/mol. The first kappa shape index (κ1) is 11.3. The van der Waals surface area contributed by atoms with Gasteiger partial charge in [0, 0.05) is 11.3 Å². The molecule has 0 fully saturated rings. The van der Waals surface area contributed by atoms with Gasteiger partial charge in [-0.05, 0) is 44.2 Å². The van der Waals surface area contributed by atoms with Crippen LogP contribution in [-0.2, 0) is 12.8 Å². The summed E-state index contributed by atoms with van der Waals surface area (Å²) in [6.07, 6.45) is 7.26. The van der Waals surface area contributed by atoms with E-state index in [0.717, 1.165) is 35.4 Å². The van der Waals surface area contributed by atoms with Crippen LogP contribution in [0.2, 0.25) is 0 Å². The molecule has 94 valence electrons. The minimum Gasteiger partial charge on any atom is -0.461 e. The molecule has 0 radical (unpaired) electrons. The Hall–Kier alpha value is -1.84. The number of hydrogen-bond donors (Lipinski definition) is 1. The van der Waals surface area contributed by atoms with E-state index in [1.807, 2.05) is 13.0 Å². The van der Waals surface area contributed by atoms with E-state index in [9.17, 15) is 0 Å². The molecule has 18 heavy (non-hydrogen) atoms. The molecule has 0 saturated carbocycles. The summed E-state index contributed by atoms with van der Waals surface area (Å²) in [5.41, 5.74) is 9.36. The van der Waals surface area contributed by atoms with Gasteiger partial charge in [0.2, 0.25) is 0 Å². The number of rotatable bonds is 1. The summed E-state index contributed by atoms with van der Waals surface area (Å²) in [6.45, 7) is 1.99. The van der Waals surface area contributed by atoms with E-state index in [0.29, 0.717) is 11.6 Å². The number of nitrogens with two attached hydrogens (primary N) is 1. The van der Waals surface area contributed by atoms with Gasteiger partial charge >= 0.3 is 0 Å². The SMILES string of the molecule is Cc1ccoc1-c1nc(N)c2c(n1)CCCCC2. The number of furan rings is 1. The summed E-state index contributed by atoms with van der Waals surface area (Å²) in [6, 6.07) is 1.92. The largest absolute Gasteiger partial charge is 0.461 e. The van der Waals surface area contributed by atoms with Gasteiger partial charge in [0.15, 0.2) is 11.6 Å². The third kappa shape index (κ3) is 1.88. The van der Waals surface area contributed by atoms with Gasteiger partial charge < -0.3 is 10.2 Å². The molecule has 0 aromatic carbocycles. The molecule has 0 aliphatic heterocycles. The highest BCUT2D eigenvalue weighted by Gasteiger charge is 2.17. The monoisotopic (exact) mass is 243 g/mol. The van der Waals surface area contributed by atoms with E-state index in [-0.39, 0.29) is 0 Å². The van der Waals surface area contributed by atoms with E-state index in [1.165, 1.54) is 19.3 Å². The molecule has 1 aliphatic rings. The Morgan fingerprint density at radius 2 is 2.00 bits per heavy atom. The van der Waals surface area contributed by atoms with E-state index in [2.05, 4.69) is 9.97 Å². The predicted octanol–water partition coefficient (Wildman–Crippen LogP) is 2.90. The maximum absolute atomic E-state index is 6.07. The van der Waals surface area contributed by atoms with Crippen molar-refractivity contribution in [3.63, 3.8) is 0 Å². The fourth-order valence-corrected chi connectivity index (χ4v) is 2.50. The number of nitrogens with zero attached hydrogens (tertiary/aromatic N) is 2. The third-order valence-corrected chi connectivity index (χ3v) is 3.53. The van der Waals surface area contributed by atoms with Crippen molar-refractivity contribution in [2.24, 2.45) is 0 Å². The van der Waals surface area contributed by atoms with Crippen molar-refractivity contribution in [2.45, 2.75) is 39.0 Å². The lowest BCUT2D eigenvalue weighted by Crippen LogP contribution is -2.06. The minimum absolute atomic E-state index is 0.618. The van der Waals surface area contributed by atoms with Crippen LogP contribution in [0.4, 0.5) is 5.82 Å². The lowest BCUT2D eigenvalue weighted by molar-refractivity contribution is 0.575. The molecule has 0 spiro atoms. The maximum Gasteiger partial charge on any atom is 0.198 e. The Bertz CT molecular complexity index is 574. The highest BCUT2D eigenvalue weighted by molar-refractivity contribution is 5.57. The fraction of sp³-hybridized carbons (Fsp3) is 0.429. The zero-order valence-corrected chi connectivity index (χ0v) is 10.6. The second kappa shape index (κ2) is 4.44. The van der Waals surface area contributed by atoms with Crippen LogP contribution in [0, 0.1) is 6.92 Å². The molecule has 2 heterocycles. The third-order valence-electron chi connectivity index (χ3n) is 3.53. The van der Waals surface area contributed by atoms with Gasteiger partial charge in [-0.2, -0.15) is 0 Å². The van der Waals surface area contributed by atoms with E-state index in [4.69, 9.17) is 10.2 Å². The summed E-state index contributed by atoms with van der Waals surface area (Å²) in [5.74, 6) is 1.97. The first-order valence-corrected chi connectivity index (χ1v) is 6.45. The summed E-state index contributed by atoms with van der Waals surface area (Å²) in [7, 11) is 0. The molecule has 0 atom stereocenters. The fourth-order valence-electron chi connectivity index (χ4n) is 2.50. The lowest BCUT2D eigenvalue weighted by Gasteiger charge is -2.09. The van der Waals surface area contributed by atoms with Gasteiger partial charge in [-0.1, -0.05) is 6.42 Å². The molecule has 0 amide bonds. The van der Waals surface area contributed by atoms with Gasteiger partial charge in [-0.15, -0.1) is 0 Å². The smallest absolute Gasteiger partial charge is 0.198 e. The molecule has 0 saturated heterocycles. The first-order valence-electron chi connectivity index (χ1n) is 6.45. The number of aromatic nitrogens is 2.